The lowest BCUT2D eigenvalue weighted by atomic mass is 9.98. The monoisotopic (exact) mass is 490 g/mol. The Morgan fingerprint density at radius 1 is 1.11 bits per heavy atom. The predicted molar refractivity (Wildman–Crippen MR) is 125 cm³/mol. The van der Waals surface area contributed by atoms with Gasteiger partial charge < -0.3 is 20.1 Å². The van der Waals surface area contributed by atoms with Crippen molar-refractivity contribution in [2.45, 2.75) is 39.0 Å². The number of hydrogen-bond donors (Lipinski definition) is 2. The smallest absolute Gasteiger partial charge is 0.410 e. The van der Waals surface area contributed by atoms with E-state index in [0.717, 1.165) is 23.3 Å². The Balaban J connectivity index is 1.72. The Kier molecular flexibility index (Phi) is 8.08. The fourth-order valence-electron chi connectivity index (χ4n) is 3.57. The van der Waals surface area contributed by atoms with Crippen molar-refractivity contribution in [3.05, 3.63) is 70.8 Å². The average molecular weight is 491 g/mol. The molecule has 1 atom stereocenters. The number of carboxylic acid groups (broad SMARTS) is 1. The number of carbonyl (C=O) groups is 2. The van der Waals surface area contributed by atoms with Gasteiger partial charge in [0, 0.05) is 24.3 Å². The van der Waals surface area contributed by atoms with Gasteiger partial charge in [0.25, 0.3) is 0 Å². The minimum atomic E-state index is -1.70. The van der Waals surface area contributed by atoms with Crippen LogP contribution in [0.1, 0.15) is 54.9 Å². The van der Waals surface area contributed by atoms with Gasteiger partial charge in [-0.05, 0) is 50.5 Å². The number of nitrogens with one attached hydrogen (secondary N) is 1. The molecule has 1 aliphatic rings. The molecule has 0 fully saturated rings. The van der Waals surface area contributed by atoms with E-state index in [1.165, 1.54) is 7.11 Å². The number of ether oxygens (including phenoxy) is 1. The fourth-order valence-corrected chi connectivity index (χ4v) is 3.57. The summed E-state index contributed by atoms with van der Waals surface area (Å²) in [5.41, 5.74) is 1.02. The average Bonchev–Trinajstić information content (AvgIpc) is 2.77. The van der Waals surface area contributed by atoms with E-state index in [0.29, 0.717) is 25.1 Å². The maximum atomic E-state index is 14.0. The minimum Gasteiger partial charge on any atom is -0.477 e. The van der Waals surface area contributed by atoms with Crippen LogP contribution in [0.5, 0.6) is 0 Å². The molecular weight excluding hydrogens is 462 g/mol. The third-order valence-electron chi connectivity index (χ3n) is 5.19. The maximum absolute atomic E-state index is 14.0. The van der Waals surface area contributed by atoms with Gasteiger partial charge in [0.2, 0.25) is 0 Å². The lowest BCUT2D eigenvalue weighted by Crippen LogP contribution is -2.39. The van der Waals surface area contributed by atoms with Gasteiger partial charge in [-0.25, -0.2) is 28.1 Å². The Morgan fingerprint density at radius 3 is 2.23 bits per heavy atom. The second-order valence-corrected chi connectivity index (χ2v) is 8.94. The van der Waals surface area contributed by atoms with Crippen LogP contribution in [0.4, 0.5) is 19.3 Å². The summed E-state index contributed by atoms with van der Waals surface area (Å²) in [6, 6.07) is 9.02. The summed E-state index contributed by atoms with van der Waals surface area (Å²) >= 11 is 0. The third kappa shape index (κ3) is 6.77. The fraction of sp³-hybridized carbons (Fsp3) is 0.360. The van der Waals surface area contributed by atoms with E-state index >= 15 is 0 Å². The van der Waals surface area contributed by atoms with Gasteiger partial charge in [0.15, 0.2) is 6.23 Å². The number of aromatic carboxylic acids is 1. The summed E-state index contributed by atoms with van der Waals surface area (Å²) in [7, 11) is 1.29. The summed E-state index contributed by atoms with van der Waals surface area (Å²) in [4.78, 5) is 34.9. The number of carbonyl (C=O) groups excluding carboxylic acids is 1. The molecule has 1 unspecified atom stereocenters. The highest BCUT2D eigenvalue weighted by Gasteiger charge is 2.24. The van der Waals surface area contributed by atoms with Crippen molar-refractivity contribution in [1.29, 1.82) is 0 Å². The Hall–Kier alpha value is -3.50. The lowest BCUT2D eigenvalue weighted by Gasteiger charge is -2.29. The van der Waals surface area contributed by atoms with Crippen LogP contribution < -0.4 is 5.32 Å². The van der Waals surface area contributed by atoms with Crippen molar-refractivity contribution in [1.82, 2.24) is 4.90 Å². The first-order valence-corrected chi connectivity index (χ1v) is 10.9. The molecule has 10 heteroatoms. The molecule has 1 heterocycles. The molecule has 1 aliphatic heterocycles. The molecule has 2 N–H and O–H groups in total. The van der Waals surface area contributed by atoms with E-state index in [9.17, 15) is 18.4 Å². The largest absolute Gasteiger partial charge is 0.477 e. The first-order chi connectivity index (χ1) is 16.5. The van der Waals surface area contributed by atoms with Crippen molar-refractivity contribution in [2.75, 3.05) is 25.5 Å². The second kappa shape index (κ2) is 10.8. The van der Waals surface area contributed by atoms with Gasteiger partial charge in [-0.1, -0.05) is 30.3 Å². The lowest BCUT2D eigenvalue weighted by molar-refractivity contribution is -0.301. The third-order valence-corrected chi connectivity index (χ3v) is 5.19. The van der Waals surface area contributed by atoms with Crippen LogP contribution in [-0.2, 0) is 14.5 Å². The molecule has 188 valence electrons. The number of amides is 1. The number of rotatable bonds is 7. The predicted octanol–water partition coefficient (Wildman–Crippen LogP) is 5.38. The van der Waals surface area contributed by atoms with E-state index in [4.69, 9.17) is 19.6 Å². The number of nitrogens with zero attached hydrogens (tertiary/aromatic N) is 1. The van der Waals surface area contributed by atoms with Crippen LogP contribution in [0.25, 0.3) is 5.57 Å². The van der Waals surface area contributed by atoms with Crippen LogP contribution in [0.15, 0.2) is 42.5 Å². The van der Waals surface area contributed by atoms with E-state index in [1.807, 2.05) is 39.0 Å². The zero-order valence-electron chi connectivity index (χ0n) is 19.9. The zero-order chi connectivity index (χ0) is 25.8. The molecule has 0 saturated heterocycles. The zero-order valence-corrected chi connectivity index (χ0v) is 19.9. The van der Waals surface area contributed by atoms with Crippen molar-refractivity contribution in [3.8, 4) is 0 Å². The quantitative estimate of drug-likeness (QED) is 0.306. The summed E-state index contributed by atoms with van der Waals surface area (Å²) in [6.07, 6.45) is 1.35. The van der Waals surface area contributed by atoms with E-state index < -0.39 is 35.0 Å². The van der Waals surface area contributed by atoms with Crippen molar-refractivity contribution >= 4 is 23.3 Å². The molecule has 0 saturated carbocycles. The molecule has 3 rings (SSSR count). The maximum Gasteiger partial charge on any atom is 0.410 e. The van der Waals surface area contributed by atoms with Crippen LogP contribution >= 0.6 is 0 Å². The molecular formula is C25H28F2N2O6. The van der Waals surface area contributed by atoms with Crippen LogP contribution in [-0.4, -0.2) is 47.9 Å². The Bertz CT molecular complexity index is 1090. The number of anilines is 1. The molecule has 0 spiro atoms. The molecule has 1 amide bonds. The SMILES string of the molecule is COOC(Nc1cc(F)c(C(=O)O)c(F)c1)c1ccc(C2=CCN(C(=O)OC(C)(C)C)CC2)cc1. The summed E-state index contributed by atoms with van der Waals surface area (Å²) in [6.45, 7) is 6.44. The highest BCUT2D eigenvalue weighted by atomic mass is 19.1. The van der Waals surface area contributed by atoms with Crippen LogP contribution in [0.2, 0.25) is 0 Å². The molecule has 35 heavy (non-hydrogen) atoms. The molecule has 0 bridgehead atoms. The second-order valence-electron chi connectivity index (χ2n) is 8.94. The Morgan fingerprint density at radius 2 is 1.74 bits per heavy atom. The molecule has 8 nitrogen and oxygen atoms in total. The first-order valence-electron chi connectivity index (χ1n) is 10.9. The minimum absolute atomic E-state index is 0.0200. The van der Waals surface area contributed by atoms with E-state index in [1.54, 1.807) is 17.0 Å². The number of halogens is 2. The summed E-state index contributed by atoms with van der Waals surface area (Å²) < 4.78 is 33.5. The first kappa shape index (κ1) is 26.1. The van der Waals surface area contributed by atoms with Gasteiger partial charge in [-0.2, -0.15) is 0 Å². The topological polar surface area (TPSA) is 97.3 Å². The van der Waals surface area contributed by atoms with Crippen LogP contribution in [0.3, 0.4) is 0 Å². The summed E-state index contributed by atoms with van der Waals surface area (Å²) in [5.74, 6) is -4.12. The molecule has 2 aromatic carbocycles. The molecule has 2 aromatic rings. The standard InChI is InChI=1S/C25H28F2N2O6/c1-25(2,3)34-24(32)29-11-9-16(10-12-29)15-5-7-17(8-6-15)22(35-33-4)28-18-13-19(26)21(23(30)31)20(27)14-18/h5-9,13-14,22,28H,10-12H2,1-4H3,(H,30,31). The van der Waals surface area contributed by atoms with Crippen molar-refractivity contribution in [2.24, 2.45) is 0 Å². The number of carboxylic acids is 1. The van der Waals surface area contributed by atoms with Gasteiger partial charge in [-0.3, -0.25) is 0 Å². The van der Waals surface area contributed by atoms with Gasteiger partial charge in [0.05, 0.1) is 7.11 Å². The highest BCUT2D eigenvalue weighted by Crippen LogP contribution is 2.28. The highest BCUT2D eigenvalue weighted by molar-refractivity contribution is 5.88. The molecule has 0 aromatic heterocycles. The normalized spacial score (nSPS) is 14.8. The van der Waals surface area contributed by atoms with Gasteiger partial charge >= 0.3 is 12.1 Å². The van der Waals surface area contributed by atoms with E-state index in [-0.39, 0.29) is 11.8 Å². The Labute approximate surface area is 202 Å². The van der Waals surface area contributed by atoms with Crippen molar-refractivity contribution in [3.63, 3.8) is 0 Å². The number of hydrogen-bond acceptors (Lipinski definition) is 6. The van der Waals surface area contributed by atoms with Crippen molar-refractivity contribution < 1.29 is 38.0 Å². The van der Waals surface area contributed by atoms with Crippen LogP contribution in [0, 0.1) is 11.6 Å². The summed E-state index contributed by atoms with van der Waals surface area (Å²) in [5, 5.41) is 11.7. The van der Waals surface area contributed by atoms with Gasteiger partial charge in [-0.15, -0.1) is 0 Å². The molecule has 0 aliphatic carbocycles. The van der Waals surface area contributed by atoms with E-state index in [2.05, 4.69) is 5.32 Å². The number of benzene rings is 2. The molecule has 0 radical (unpaired) electrons. The van der Waals surface area contributed by atoms with Gasteiger partial charge in [0.1, 0.15) is 22.8 Å².